The highest BCUT2D eigenvalue weighted by Crippen LogP contribution is 2.21. The number of Topliss-reactive ketones (excluding diaryl/α,β-unsaturated/α-hetero) is 1. The Morgan fingerprint density at radius 1 is 1.15 bits per heavy atom. The molecule has 0 spiro atoms. The third-order valence-electron chi connectivity index (χ3n) is 3.84. The molecule has 6 nitrogen and oxygen atoms in total. The summed E-state index contributed by atoms with van der Waals surface area (Å²) in [5.41, 5.74) is 0.525. The summed E-state index contributed by atoms with van der Waals surface area (Å²) in [6.45, 7) is 2.54. The molecule has 0 amide bonds. The third-order valence-corrected chi connectivity index (χ3v) is 3.84. The minimum absolute atomic E-state index is 0.00485. The maximum Gasteiger partial charge on any atom is 0.355 e. The fourth-order valence-electron chi connectivity index (χ4n) is 2.50. The lowest BCUT2D eigenvalue weighted by molar-refractivity contribution is 0.0467. The van der Waals surface area contributed by atoms with Crippen LogP contribution in [0.4, 0.5) is 8.78 Å². The molecular weight excluding hydrogens is 348 g/mol. The maximum absolute atomic E-state index is 13.6. The van der Waals surface area contributed by atoms with Gasteiger partial charge in [-0.2, -0.15) is 0 Å². The summed E-state index contributed by atoms with van der Waals surface area (Å²) in [6.07, 6.45) is 0.436. The number of benzene rings is 1. The first kappa shape index (κ1) is 19.3. The van der Waals surface area contributed by atoms with Gasteiger partial charge in [-0.3, -0.25) is 4.79 Å². The number of methoxy groups -OCH3 is 1. The predicted molar refractivity (Wildman–Crippen MR) is 87.2 cm³/mol. The summed E-state index contributed by atoms with van der Waals surface area (Å²) in [7, 11) is 1.22. The van der Waals surface area contributed by atoms with E-state index in [1.807, 2.05) is 0 Å². The van der Waals surface area contributed by atoms with E-state index < -0.39 is 41.5 Å². The van der Waals surface area contributed by atoms with Crippen molar-refractivity contribution in [2.24, 2.45) is 0 Å². The van der Waals surface area contributed by atoms with Crippen molar-refractivity contribution in [3.05, 3.63) is 57.9 Å². The van der Waals surface area contributed by atoms with Gasteiger partial charge in [-0.15, -0.1) is 0 Å². The van der Waals surface area contributed by atoms with Crippen molar-refractivity contribution < 1.29 is 32.6 Å². The number of ketones is 1. The van der Waals surface area contributed by atoms with Crippen LogP contribution in [-0.2, 0) is 15.9 Å². The van der Waals surface area contributed by atoms with E-state index in [9.17, 15) is 23.2 Å². The SMILES string of the molecule is CCc1[nH]c(C(=O)OCC(=O)c2cc(F)ccc2F)c(C)c1C(=O)OC. The summed E-state index contributed by atoms with van der Waals surface area (Å²) in [5.74, 6) is -4.07. The number of nitrogens with one attached hydrogen (secondary N) is 1. The molecule has 0 bridgehead atoms. The molecule has 0 aliphatic heterocycles. The molecule has 0 atom stereocenters. The molecule has 1 N–H and O–H groups in total. The van der Waals surface area contributed by atoms with Crippen LogP contribution in [-0.4, -0.2) is 36.4 Å². The van der Waals surface area contributed by atoms with E-state index in [2.05, 4.69) is 4.98 Å². The normalized spacial score (nSPS) is 10.5. The van der Waals surface area contributed by atoms with Crippen LogP contribution in [0.2, 0.25) is 0 Å². The largest absolute Gasteiger partial charge is 0.465 e. The van der Waals surface area contributed by atoms with E-state index in [1.54, 1.807) is 6.92 Å². The number of ether oxygens (including phenoxy) is 2. The second kappa shape index (κ2) is 7.90. The third kappa shape index (κ3) is 3.79. The van der Waals surface area contributed by atoms with Crippen LogP contribution in [0.3, 0.4) is 0 Å². The highest BCUT2D eigenvalue weighted by molar-refractivity contribution is 6.01. The molecule has 0 fully saturated rings. The first-order chi connectivity index (χ1) is 12.3. The summed E-state index contributed by atoms with van der Waals surface area (Å²) in [5, 5.41) is 0. The van der Waals surface area contributed by atoms with Crippen LogP contribution in [0, 0.1) is 18.6 Å². The average Bonchev–Trinajstić information content (AvgIpc) is 2.97. The summed E-state index contributed by atoms with van der Waals surface area (Å²) in [4.78, 5) is 38.8. The van der Waals surface area contributed by atoms with Crippen LogP contribution in [0.15, 0.2) is 18.2 Å². The number of aryl methyl sites for hydroxylation is 1. The first-order valence-corrected chi connectivity index (χ1v) is 7.75. The van der Waals surface area contributed by atoms with Gasteiger partial charge in [0.2, 0.25) is 5.78 Å². The zero-order chi connectivity index (χ0) is 19.4. The van der Waals surface area contributed by atoms with Gasteiger partial charge in [0, 0.05) is 5.69 Å². The molecule has 26 heavy (non-hydrogen) atoms. The van der Waals surface area contributed by atoms with Crippen LogP contribution in [0.1, 0.15) is 49.4 Å². The van der Waals surface area contributed by atoms with Crippen molar-refractivity contribution in [3.63, 3.8) is 0 Å². The molecule has 0 radical (unpaired) electrons. The number of carbonyl (C=O) groups is 3. The molecule has 0 aliphatic carbocycles. The number of H-pyrrole nitrogens is 1. The number of halogens is 2. The Hall–Kier alpha value is -3.03. The predicted octanol–water partition coefficient (Wildman–Crippen LogP) is 2.99. The Bertz CT molecular complexity index is 873. The van der Waals surface area contributed by atoms with E-state index >= 15 is 0 Å². The van der Waals surface area contributed by atoms with Gasteiger partial charge in [0.25, 0.3) is 0 Å². The zero-order valence-electron chi connectivity index (χ0n) is 14.4. The van der Waals surface area contributed by atoms with Crippen molar-refractivity contribution >= 4 is 17.7 Å². The molecule has 1 aromatic carbocycles. The molecule has 8 heteroatoms. The number of hydrogen-bond donors (Lipinski definition) is 1. The van der Waals surface area contributed by atoms with E-state index in [0.717, 1.165) is 18.2 Å². The molecule has 1 aromatic heterocycles. The Labute approximate surface area is 148 Å². The minimum Gasteiger partial charge on any atom is -0.465 e. The molecule has 2 aromatic rings. The monoisotopic (exact) mass is 365 g/mol. The van der Waals surface area contributed by atoms with Gasteiger partial charge in [0.1, 0.15) is 17.3 Å². The zero-order valence-corrected chi connectivity index (χ0v) is 14.4. The summed E-state index contributed by atoms with van der Waals surface area (Å²) in [6, 6.07) is 2.42. The lowest BCUT2D eigenvalue weighted by Gasteiger charge is -2.05. The lowest BCUT2D eigenvalue weighted by Crippen LogP contribution is -2.16. The smallest absolute Gasteiger partial charge is 0.355 e. The topological polar surface area (TPSA) is 85.5 Å². The van der Waals surface area contributed by atoms with Gasteiger partial charge < -0.3 is 14.5 Å². The number of aromatic nitrogens is 1. The Morgan fingerprint density at radius 2 is 1.85 bits per heavy atom. The lowest BCUT2D eigenvalue weighted by atomic mass is 10.1. The van der Waals surface area contributed by atoms with Crippen LogP contribution >= 0.6 is 0 Å². The number of carbonyl (C=O) groups excluding carboxylic acids is 3. The summed E-state index contributed by atoms with van der Waals surface area (Å²) >= 11 is 0. The fourth-order valence-corrected chi connectivity index (χ4v) is 2.50. The van der Waals surface area contributed by atoms with Crippen molar-refractivity contribution in [1.29, 1.82) is 0 Å². The maximum atomic E-state index is 13.6. The average molecular weight is 365 g/mol. The number of rotatable bonds is 6. The van der Waals surface area contributed by atoms with Crippen LogP contribution in [0.5, 0.6) is 0 Å². The van der Waals surface area contributed by atoms with Crippen molar-refractivity contribution in [1.82, 2.24) is 4.98 Å². The second-order valence-corrected chi connectivity index (χ2v) is 5.45. The molecule has 0 unspecified atom stereocenters. The minimum atomic E-state index is -0.912. The highest BCUT2D eigenvalue weighted by atomic mass is 19.1. The van der Waals surface area contributed by atoms with E-state index in [0.29, 0.717) is 17.7 Å². The number of esters is 2. The van der Waals surface area contributed by atoms with Gasteiger partial charge >= 0.3 is 11.9 Å². The van der Waals surface area contributed by atoms with E-state index in [-0.39, 0.29) is 11.3 Å². The van der Waals surface area contributed by atoms with Crippen LogP contribution in [0.25, 0.3) is 0 Å². The summed E-state index contributed by atoms with van der Waals surface area (Å²) < 4.78 is 36.3. The van der Waals surface area contributed by atoms with Crippen molar-refractivity contribution in [3.8, 4) is 0 Å². The van der Waals surface area contributed by atoms with E-state index in [1.165, 1.54) is 14.0 Å². The molecule has 0 saturated carbocycles. The molecular formula is C18H17F2NO5. The Morgan fingerprint density at radius 3 is 2.46 bits per heavy atom. The van der Waals surface area contributed by atoms with Gasteiger partial charge in [-0.25, -0.2) is 18.4 Å². The van der Waals surface area contributed by atoms with Gasteiger partial charge in [-0.05, 0) is 37.1 Å². The molecule has 0 aliphatic rings. The Balaban J connectivity index is 2.18. The fraction of sp³-hybridized carbons (Fsp3) is 0.278. The van der Waals surface area contributed by atoms with Gasteiger partial charge in [0.05, 0.1) is 18.2 Å². The van der Waals surface area contributed by atoms with E-state index in [4.69, 9.17) is 9.47 Å². The van der Waals surface area contributed by atoms with Gasteiger partial charge in [-0.1, -0.05) is 6.92 Å². The first-order valence-electron chi connectivity index (χ1n) is 7.75. The molecule has 1 heterocycles. The van der Waals surface area contributed by atoms with Crippen LogP contribution < -0.4 is 0 Å². The highest BCUT2D eigenvalue weighted by Gasteiger charge is 2.25. The van der Waals surface area contributed by atoms with Crippen molar-refractivity contribution in [2.45, 2.75) is 20.3 Å². The standard InChI is InChI=1S/C18H17F2NO5/c1-4-13-15(17(23)25-3)9(2)16(21-13)18(24)26-8-14(22)11-7-10(19)5-6-12(11)20/h5-7,21H,4,8H2,1-3H3. The van der Waals surface area contributed by atoms with Crippen molar-refractivity contribution in [2.75, 3.05) is 13.7 Å². The quantitative estimate of drug-likeness (QED) is 0.628. The van der Waals surface area contributed by atoms with Gasteiger partial charge in [0.15, 0.2) is 6.61 Å². The molecule has 0 saturated heterocycles. The second-order valence-electron chi connectivity index (χ2n) is 5.45. The molecule has 2 rings (SSSR count). The number of hydrogen-bond acceptors (Lipinski definition) is 5. The Kier molecular flexibility index (Phi) is 5.86. The number of aromatic amines is 1. The molecule has 138 valence electrons.